The van der Waals surface area contributed by atoms with Gasteiger partial charge in [-0.1, -0.05) is 15.9 Å². The van der Waals surface area contributed by atoms with Gasteiger partial charge in [0.2, 0.25) is 0 Å². The second-order valence-corrected chi connectivity index (χ2v) is 4.31. The molecule has 16 heavy (non-hydrogen) atoms. The highest BCUT2D eigenvalue weighted by Gasteiger charge is 2.09. The van der Waals surface area contributed by atoms with Crippen LogP contribution < -0.4 is 0 Å². The summed E-state index contributed by atoms with van der Waals surface area (Å²) in [5.41, 5.74) is 1.14. The molecule has 2 aromatic rings. The van der Waals surface area contributed by atoms with Crippen LogP contribution in [0.1, 0.15) is 15.9 Å². The predicted octanol–water partition coefficient (Wildman–Crippen LogP) is 3.61. The molecule has 1 heterocycles. The van der Waals surface area contributed by atoms with Crippen LogP contribution >= 0.6 is 15.9 Å². The van der Waals surface area contributed by atoms with Gasteiger partial charge in [0, 0.05) is 10.9 Å². The molecule has 0 aliphatic rings. The molecule has 0 fully saturated rings. The lowest BCUT2D eigenvalue weighted by atomic mass is 10.1. The van der Waals surface area contributed by atoms with Gasteiger partial charge in [0.15, 0.2) is 5.78 Å². The minimum absolute atomic E-state index is 0.0914. The topological polar surface area (TPSA) is 30.2 Å². The van der Waals surface area contributed by atoms with Crippen molar-refractivity contribution in [2.24, 2.45) is 0 Å². The first-order valence-corrected chi connectivity index (χ1v) is 5.45. The molecule has 0 saturated carbocycles. The Kier molecular flexibility index (Phi) is 3.19. The molecule has 0 atom stereocenters. The van der Waals surface area contributed by atoms with E-state index < -0.39 is 0 Å². The second-order valence-electron chi connectivity index (χ2n) is 3.39. The molecule has 0 bridgehead atoms. The zero-order valence-electron chi connectivity index (χ0n) is 8.24. The Labute approximate surface area is 100 Å². The molecule has 4 heteroatoms. The van der Waals surface area contributed by atoms with E-state index in [1.54, 1.807) is 12.1 Å². The number of Topliss-reactive ketones (excluding diaryl/α,β-unsaturated/α-hetero) is 1. The number of carbonyl (C=O) groups is 1. The van der Waals surface area contributed by atoms with E-state index in [0.29, 0.717) is 15.6 Å². The molecule has 0 N–H and O–H groups in total. The van der Waals surface area contributed by atoms with Gasteiger partial charge in [0.05, 0.1) is 11.8 Å². The molecule has 82 valence electrons. The van der Waals surface area contributed by atoms with Crippen molar-refractivity contribution in [2.45, 2.75) is 6.42 Å². The van der Waals surface area contributed by atoms with Crippen LogP contribution in [-0.2, 0) is 6.42 Å². The molecule has 1 aromatic carbocycles. The Morgan fingerprint density at radius 1 is 1.38 bits per heavy atom. The van der Waals surface area contributed by atoms with Crippen molar-refractivity contribution in [3.63, 3.8) is 0 Å². The van der Waals surface area contributed by atoms with Crippen LogP contribution in [0.25, 0.3) is 0 Å². The molecule has 0 amide bonds. The fourth-order valence-corrected chi connectivity index (χ4v) is 1.94. The Morgan fingerprint density at radius 2 is 2.19 bits per heavy atom. The zero-order valence-corrected chi connectivity index (χ0v) is 9.83. The summed E-state index contributed by atoms with van der Waals surface area (Å²) in [4.78, 5) is 11.7. The molecule has 0 spiro atoms. The number of hydrogen-bond donors (Lipinski definition) is 0. The second kappa shape index (κ2) is 4.61. The number of hydrogen-bond acceptors (Lipinski definition) is 2. The largest absolute Gasteiger partial charge is 0.472 e. The van der Waals surface area contributed by atoms with Gasteiger partial charge in [-0.05, 0) is 29.8 Å². The van der Waals surface area contributed by atoms with Gasteiger partial charge in [-0.3, -0.25) is 4.79 Å². The van der Waals surface area contributed by atoms with Gasteiger partial charge in [-0.15, -0.1) is 0 Å². The van der Waals surface area contributed by atoms with E-state index in [2.05, 4.69) is 15.9 Å². The minimum atomic E-state index is -0.357. The molecule has 1 aromatic heterocycles. The van der Waals surface area contributed by atoms with Gasteiger partial charge in [-0.2, -0.15) is 0 Å². The normalized spacial score (nSPS) is 10.4. The van der Waals surface area contributed by atoms with Crippen LogP contribution in [0, 0.1) is 5.82 Å². The maximum absolute atomic E-state index is 13.1. The van der Waals surface area contributed by atoms with Crippen LogP contribution in [0.5, 0.6) is 0 Å². The molecule has 2 nitrogen and oxygen atoms in total. The van der Waals surface area contributed by atoms with Crippen molar-refractivity contribution in [2.75, 3.05) is 0 Å². The Balaban J connectivity index is 2.18. The predicted molar refractivity (Wildman–Crippen MR) is 60.8 cm³/mol. The summed E-state index contributed by atoms with van der Waals surface area (Å²) in [6.07, 6.45) is 2.99. The monoisotopic (exact) mass is 282 g/mol. The Bertz CT molecular complexity index is 485. The summed E-state index contributed by atoms with van der Waals surface area (Å²) in [5, 5.41) is 0. The summed E-state index contributed by atoms with van der Waals surface area (Å²) in [6.45, 7) is 0. The van der Waals surface area contributed by atoms with Crippen molar-refractivity contribution >= 4 is 21.7 Å². The first-order valence-electron chi connectivity index (χ1n) is 4.65. The van der Waals surface area contributed by atoms with E-state index in [0.717, 1.165) is 0 Å². The number of halogens is 2. The molecular weight excluding hydrogens is 275 g/mol. The third-order valence-corrected chi connectivity index (χ3v) is 2.59. The van der Waals surface area contributed by atoms with Crippen molar-refractivity contribution in [3.8, 4) is 0 Å². The number of furan rings is 1. The van der Waals surface area contributed by atoms with E-state index in [4.69, 9.17) is 4.42 Å². The van der Waals surface area contributed by atoms with Crippen molar-refractivity contribution in [1.29, 1.82) is 0 Å². The maximum atomic E-state index is 13.1. The van der Waals surface area contributed by atoms with Crippen molar-refractivity contribution in [1.82, 2.24) is 0 Å². The number of ketones is 1. The van der Waals surface area contributed by atoms with E-state index in [1.165, 1.54) is 24.7 Å². The van der Waals surface area contributed by atoms with Gasteiger partial charge < -0.3 is 4.42 Å². The first kappa shape index (κ1) is 11.1. The van der Waals surface area contributed by atoms with E-state index in [-0.39, 0.29) is 18.0 Å². The highest BCUT2D eigenvalue weighted by Crippen LogP contribution is 2.16. The van der Waals surface area contributed by atoms with Crippen molar-refractivity contribution < 1.29 is 13.6 Å². The Morgan fingerprint density at radius 3 is 2.81 bits per heavy atom. The van der Waals surface area contributed by atoms with Gasteiger partial charge in [-0.25, -0.2) is 4.39 Å². The molecule has 0 aliphatic heterocycles. The highest BCUT2D eigenvalue weighted by atomic mass is 79.9. The number of benzene rings is 1. The molecule has 2 rings (SSSR count). The molecule has 0 saturated heterocycles. The Hall–Kier alpha value is -1.42. The number of carbonyl (C=O) groups excluding carboxylic acids is 1. The fourth-order valence-electron chi connectivity index (χ4n) is 1.42. The fraction of sp³-hybridized carbons (Fsp3) is 0.0833. The molecular formula is C12H8BrFO2. The number of rotatable bonds is 3. The van der Waals surface area contributed by atoms with Crippen molar-refractivity contribution in [3.05, 3.63) is 58.2 Å². The van der Waals surface area contributed by atoms with Crippen LogP contribution in [0.15, 0.2) is 45.7 Å². The third-order valence-electron chi connectivity index (χ3n) is 2.13. The lowest BCUT2D eigenvalue weighted by Crippen LogP contribution is -2.02. The average Bonchev–Trinajstić information content (AvgIpc) is 2.68. The van der Waals surface area contributed by atoms with Crippen LogP contribution in [0.3, 0.4) is 0 Å². The van der Waals surface area contributed by atoms with E-state index in [9.17, 15) is 9.18 Å². The minimum Gasteiger partial charge on any atom is -0.472 e. The van der Waals surface area contributed by atoms with E-state index >= 15 is 0 Å². The quantitative estimate of drug-likeness (QED) is 0.805. The van der Waals surface area contributed by atoms with Crippen LogP contribution in [0.4, 0.5) is 4.39 Å². The average molecular weight is 283 g/mol. The SMILES string of the molecule is O=C(Cc1cc(F)cc(Br)c1)c1ccoc1. The van der Waals surface area contributed by atoms with Crippen LogP contribution in [0.2, 0.25) is 0 Å². The summed E-state index contributed by atoms with van der Waals surface area (Å²) in [7, 11) is 0. The summed E-state index contributed by atoms with van der Waals surface area (Å²) < 4.78 is 18.5. The van der Waals surface area contributed by atoms with E-state index in [1.807, 2.05) is 0 Å². The van der Waals surface area contributed by atoms with Gasteiger partial charge in [0.1, 0.15) is 12.1 Å². The summed E-state index contributed by atoms with van der Waals surface area (Å²) in [5.74, 6) is -0.449. The standard InChI is InChI=1S/C12H8BrFO2/c13-10-3-8(4-11(14)6-10)5-12(15)9-1-2-16-7-9/h1-4,6-7H,5H2. The zero-order chi connectivity index (χ0) is 11.5. The van der Waals surface area contributed by atoms with Gasteiger partial charge in [0.25, 0.3) is 0 Å². The van der Waals surface area contributed by atoms with Gasteiger partial charge >= 0.3 is 0 Å². The lowest BCUT2D eigenvalue weighted by Gasteiger charge is -2.00. The molecule has 0 radical (unpaired) electrons. The third kappa shape index (κ3) is 2.58. The molecule has 0 unspecified atom stereocenters. The first-order chi connectivity index (χ1) is 7.65. The summed E-state index contributed by atoms with van der Waals surface area (Å²) >= 11 is 3.18. The summed E-state index contributed by atoms with van der Waals surface area (Å²) in [6, 6.07) is 6.02. The lowest BCUT2D eigenvalue weighted by molar-refractivity contribution is 0.0992. The molecule has 0 aliphatic carbocycles. The van der Waals surface area contributed by atoms with Crippen LogP contribution in [-0.4, -0.2) is 5.78 Å². The highest BCUT2D eigenvalue weighted by molar-refractivity contribution is 9.10. The smallest absolute Gasteiger partial charge is 0.170 e. The maximum Gasteiger partial charge on any atom is 0.170 e.